The van der Waals surface area contributed by atoms with Gasteiger partial charge < -0.3 is 9.47 Å². The fourth-order valence-electron chi connectivity index (χ4n) is 2.00. The van der Waals surface area contributed by atoms with Crippen molar-refractivity contribution in [2.45, 2.75) is 26.4 Å². The van der Waals surface area contributed by atoms with Crippen LogP contribution in [0.25, 0.3) is 10.9 Å². The van der Waals surface area contributed by atoms with Crippen molar-refractivity contribution in [1.82, 2.24) is 4.98 Å². The first-order valence-corrected chi connectivity index (χ1v) is 6.28. The molecule has 4 heteroatoms. The fourth-order valence-corrected chi connectivity index (χ4v) is 2.00. The molecule has 0 unspecified atom stereocenters. The van der Waals surface area contributed by atoms with Crippen LogP contribution in [-0.2, 0) is 16.0 Å². The average molecular weight is 259 g/mol. The third-order valence-electron chi connectivity index (χ3n) is 3.03. The van der Waals surface area contributed by atoms with E-state index in [-0.39, 0.29) is 0 Å². The van der Waals surface area contributed by atoms with E-state index >= 15 is 0 Å². The van der Waals surface area contributed by atoms with E-state index in [9.17, 15) is 4.79 Å². The van der Waals surface area contributed by atoms with Gasteiger partial charge in [0.2, 0.25) is 0 Å². The summed E-state index contributed by atoms with van der Waals surface area (Å²) in [7, 11) is 1.35. The predicted octanol–water partition coefficient (Wildman–Crippen LogP) is 2.74. The lowest BCUT2D eigenvalue weighted by atomic mass is 10.1. The van der Waals surface area contributed by atoms with Crippen LogP contribution in [0.4, 0.5) is 0 Å². The largest absolute Gasteiger partial charge is 0.478 e. The number of ether oxygens (including phenoxy) is 2. The van der Waals surface area contributed by atoms with Gasteiger partial charge in [0.1, 0.15) is 5.75 Å². The molecule has 0 aliphatic carbocycles. The first kappa shape index (κ1) is 13.3. The molecule has 0 fully saturated rings. The summed E-state index contributed by atoms with van der Waals surface area (Å²) in [6.07, 6.45) is 1.96. The number of benzene rings is 1. The van der Waals surface area contributed by atoms with Gasteiger partial charge in [-0.25, -0.2) is 4.79 Å². The van der Waals surface area contributed by atoms with Gasteiger partial charge in [0.25, 0.3) is 0 Å². The lowest BCUT2D eigenvalue weighted by Gasteiger charge is -2.14. The summed E-state index contributed by atoms with van der Waals surface area (Å²) in [5.74, 6) is 0.259. The van der Waals surface area contributed by atoms with Crippen LogP contribution in [0, 0.1) is 0 Å². The molecule has 1 heterocycles. The number of para-hydroxylation sites is 1. The summed E-state index contributed by atoms with van der Waals surface area (Å²) in [6.45, 7) is 3.75. The summed E-state index contributed by atoms with van der Waals surface area (Å²) in [4.78, 5) is 15.8. The third kappa shape index (κ3) is 2.67. The highest BCUT2D eigenvalue weighted by Crippen LogP contribution is 2.27. The van der Waals surface area contributed by atoms with Gasteiger partial charge in [-0.3, -0.25) is 4.98 Å². The minimum absolute atomic E-state index is 0.392. The highest BCUT2D eigenvalue weighted by Gasteiger charge is 2.16. The smallest absolute Gasteiger partial charge is 0.346 e. The molecular formula is C15H17NO3. The lowest BCUT2D eigenvalue weighted by Crippen LogP contribution is -2.25. The minimum atomic E-state index is -0.638. The highest BCUT2D eigenvalue weighted by molar-refractivity contribution is 5.88. The fraction of sp³-hybridized carbons (Fsp3) is 0.333. The number of aromatic nitrogens is 1. The van der Waals surface area contributed by atoms with Crippen LogP contribution in [0.15, 0.2) is 30.5 Å². The Morgan fingerprint density at radius 1 is 1.37 bits per heavy atom. The molecule has 0 aliphatic rings. The molecule has 0 saturated carbocycles. The topological polar surface area (TPSA) is 48.4 Å². The second-order valence-corrected chi connectivity index (χ2v) is 4.26. The molecule has 0 radical (unpaired) electrons. The number of fused-ring (bicyclic) bond motifs is 1. The Morgan fingerprint density at radius 2 is 2.16 bits per heavy atom. The van der Waals surface area contributed by atoms with E-state index in [1.807, 2.05) is 18.2 Å². The molecule has 0 aliphatic heterocycles. The summed E-state index contributed by atoms with van der Waals surface area (Å²) in [5, 5.41) is 0.914. The van der Waals surface area contributed by atoms with Gasteiger partial charge in [0.15, 0.2) is 6.10 Å². The first-order valence-electron chi connectivity index (χ1n) is 6.28. The highest BCUT2D eigenvalue weighted by atomic mass is 16.6. The summed E-state index contributed by atoms with van der Waals surface area (Å²) < 4.78 is 10.3. The lowest BCUT2D eigenvalue weighted by molar-refractivity contribution is -0.147. The number of hydrogen-bond donors (Lipinski definition) is 0. The molecule has 0 spiro atoms. The number of aryl methyl sites for hydroxylation is 1. The summed E-state index contributed by atoms with van der Waals surface area (Å²) in [5.41, 5.74) is 2.08. The number of rotatable bonds is 4. The molecule has 2 aromatic rings. The van der Waals surface area contributed by atoms with Crippen molar-refractivity contribution in [2.75, 3.05) is 7.11 Å². The SMILES string of the molecule is CCc1cccc2c(O[C@H](C)C(=O)OC)ccnc12. The Bertz CT molecular complexity index is 595. The van der Waals surface area contributed by atoms with E-state index in [2.05, 4.69) is 16.6 Å². The van der Waals surface area contributed by atoms with Gasteiger partial charge in [-0.2, -0.15) is 0 Å². The van der Waals surface area contributed by atoms with E-state index in [0.29, 0.717) is 5.75 Å². The van der Waals surface area contributed by atoms with Crippen molar-refractivity contribution >= 4 is 16.9 Å². The zero-order valence-electron chi connectivity index (χ0n) is 11.3. The van der Waals surface area contributed by atoms with Crippen LogP contribution in [-0.4, -0.2) is 24.2 Å². The minimum Gasteiger partial charge on any atom is -0.478 e. The van der Waals surface area contributed by atoms with Gasteiger partial charge in [-0.1, -0.05) is 19.1 Å². The molecule has 100 valence electrons. The van der Waals surface area contributed by atoms with Crippen LogP contribution in [0.1, 0.15) is 19.4 Å². The van der Waals surface area contributed by atoms with Crippen LogP contribution in [0.2, 0.25) is 0 Å². The summed E-state index contributed by atoms with van der Waals surface area (Å²) in [6, 6.07) is 7.73. The van der Waals surface area contributed by atoms with Crippen molar-refractivity contribution < 1.29 is 14.3 Å². The quantitative estimate of drug-likeness (QED) is 0.792. The number of carbonyl (C=O) groups is 1. The van der Waals surface area contributed by atoms with Crippen LogP contribution >= 0.6 is 0 Å². The van der Waals surface area contributed by atoms with E-state index < -0.39 is 12.1 Å². The van der Waals surface area contributed by atoms with Crippen LogP contribution < -0.4 is 4.74 Å². The Hall–Kier alpha value is -2.10. The molecule has 4 nitrogen and oxygen atoms in total. The number of nitrogens with zero attached hydrogens (tertiary/aromatic N) is 1. The van der Waals surface area contributed by atoms with E-state index in [4.69, 9.17) is 4.74 Å². The Labute approximate surface area is 112 Å². The standard InChI is InChI=1S/C15H17NO3/c1-4-11-6-5-7-12-13(8-9-16-14(11)12)19-10(2)15(17)18-3/h5-10H,4H2,1-3H3/t10-/m1/s1. The van der Waals surface area contributed by atoms with Gasteiger partial charge in [-0.15, -0.1) is 0 Å². The van der Waals surface area contributed by atoms with Crippen molar-refractivity contribution in [3.05, 3.63) is 36.0 Å². The molecule has 2 rings (SSSR count). The molecule has 0 N–H and O–H groups in total. The molecule has 0 amide bonds. The predicted molar refractivity (Wildman–Crippen MR) is 73.2 cm³/mol. The Morgan fingerprint density at radius 3 is 2.84 bits per heavy atom. The maximum absolute atomic E-state index is 11.4. The number of esters is 1. The van der Waals surface area contributed by atoms with E-state index in [1.54, 1.807) is 19.2 Å². The van der Waals surface area contributed by atoms with Gasteiger partial charge in [0, 0.05) is 11.6 Å². The number of hydrogen-bond acceptors (Lipinski definition) is 4. The van der Waals surface area contributed by atoms with Gasteiger partial charge in [-0.05, 0) is 31.0 Å². The van der Waals surface area contributed by atoms with Crippen LogP contribution in [0.3, 0.4) is 0 Å². The molecule has 0 saturated heterocycles. The Kier molecular flexibility index (Phi) is 4.00. The maximum Gasteiger partial charge on any atom is 0.346 e. The molecule has 1 aromatic heterocycles. The molecule has 1 aromatic carbocycles. The van der Waals surface area contributed by atoms with Crippen molar-refractivity contribution in [3.8, 4) is 5.75 Å². The first-order chi connectivity index (χ1) is 9.17. The van der Waals surface area contributed by atoms with Crippen molar-refractivity contribution in [1.29, 1.82) is 0 Å². The molecule has 1 atom stereocenters. The third-order valence-corrected chi connectivity index (χ3v) is 3.03. The summed E-state index contributed by atoms with van der Waals surface area (Å²) >= 11 is 0. The number of methoxy groups -OCH3 is 1. The average Bonchev–Trinajstić information content (AvgIpc) is 2.46. The van der Waals surface area contributed by atoms with Crippen LogP contribution in [0.5, 0.6) is 5.75 Å². The Balaban J connectivity index is 2.42. The zero-order valence-corrected chi connectivity index (χ0v) is 11.3. The monoisotopic (exact) mass is 259 g/mol. The number of pyridine rings is 1. The van der Waals surface area contributed by atoms with Crippen molar-refractivity contribution in [3.63, 3.8) is 0 Å². The van der Waals surface area contributed by atoms with Gasteiger partial charge >= 0.3 is 5.97 Å². The zero-order chi connectivity index (χ0) is 13.8. The second kappa shape index (κ2) is 5.69. The normalized spacial score (nSPS) is 12.2. The second-order valence-electron chi connectivity index (χ2n) is 4.26. The van der Waals surface area contributed by atoms with E-state index in [0.717, 1.165) is 22.9 Å². The number of carbonyl (C=O) groups excluding carboxylic acids is 1. The molecule has 19 heavy (non-hydrogen) atoms. The van der Waals surface area contributed by atoms with Gasteiger partial charge in [0.05, 0.1) is 12.6 Å². The molecule has 0 bridgehead atoms. The van der Waals surface area contributed by atoms with Crippen molar-refractivity contribution in [2.24, 2.45) is 0 Å². The maximum atomic E-state index is 11.4. The van der Waals surface area contributed by atoms with E-state index in [1.165, 1.54) is 7.11 Å². The molecular weight excluding hydrogens is 242 g/mol.